The maximum absolute atomic E-state index is 12.5. The highest BCUT2D eigenvalue weighted by Gasteiger charge is 2.30. The van der Waals surface area contributed by atoms with Gasteiger partial charge in [-0.25, -0.2) is 9.59 Å². The van der Waals surface area contributed by atoms with E-state index in [1.165, 1.54) is 7.11 Å². The van der Waals surface area contributed by atoms with Crippen molar-refractivity contribution in [3.05, 3.63) is 29.5 Å². The van der Waals surface area contributed by atoms with Gasteiger partial charge in [0.05, 0.1) is 7.11 Å². The van der Waals surface area contributed by atoms with E-state index in [9.17, 15) is 14.4 Å². The second-order valence-corrected chi connectivity index (χ2v) is 5.84. The Balaban J connectivity index is 2.30. The molecule has 0 saturated heterocycles. The summed E-state index contributed by atoms with van der Waals surface area (Å²) in [5.41, 5.74) is 5.99. The summed E-state index contributed by atoms with van der Waals surface area (Å²) in [6, 6.07) is 4.11. The Morgan fingerprint density at radius 3 is 2.48 bits per heavy atom. The number of urea groups is 1. The van der Waals surface area contributed by atoms with Crippen molar-refractivity contribution in [2.45, 2.75) is 26.9 Å². The highest BCUT2D eigenvalue weighted by atomic mass is 16.6. The summed E-state index contributed by atoms with van der Waals surface area (Å²) in [7, 11) is 1.54. The summed E-state index contributed by atoms with van der Waals surface area (Å²) in [6.07, 6.45) is -1.18. The van der Waals surface area contributed by atoms with Crippen LogP contribution in [0.4, 0.5) is 4.79 Å². The fourth-order valence-corrected chi connectivity index (χ4v) is 2.38. The predicted molar refractivity (Wildman–Crippen MR) is 89.3 cm³/mol. The molecule has 0 bridgehead atoms. The highest BCUT2D eigenvalue weighted by Crippen LogP contribution is 2.29. The van der Waals surface area contributed by atoms with Crippen molar-refractivity contribution in [3.8, 4) is 5.75 Å². The van der Waals surface area contributed by atoms with Crippen LogP contribution in [0.5, 0.6) is 5.75 Å². The molecule has 0 fully saturated rings. The molecule has 1 aromatic heterocycles. The van der Waals surface area contributed by atoms with Crippen LogP contribution in [0.3, 0.4) is 0 Å². The number of aryl methyl sites for hydroxylation is 1. The van der Waals surface area contributed by atoms with Crippen LogP contribution in [0.25, 0.3) is 11.0 Å². The first-order valence-corrected chi connectivity index (χ1v) is 7.63. The normalized spacial score (nSPS) is 12.0. The van der Waals surface area contributed by atoms with E-state index in [1.54, 1.807) is 39.0 Å². The van der Waals surface area contributed by atoms with E-state index in [0.717, 1.165) is 0 Å². The first-order chi connectivity index (χ1) is 11.7. The van der Waals surface area contributed by atoms with Crippen LogP contribution in [-0.2, 0) is 9.53 Å². The molecule has 0 aliphatic rings. The number of esters is 1. The highest BCUT2D eigenvalue weighted by molar-refractivity contribution is 6.00. The third-order valence-electron chi connectivity index (χ3n) is 3.67. The maximum atomic E-state index is 12.5. The quantitative estimate of drug-likeness (QED) is 0.798. The number of fused-ring (bicyclic) bond motifs is 1. The van der Waals surface area contributed by atoms with Gasteiger partial charge < -0.3 is 19.6 Å². The summed E-state index contributed by atoms with van der Waals surface area (Å²) in [6.45, 7) is 5.06. The van der Waals surface area contributed by atoms with Crippen LogP contribution in [-0.4, -0.2) is 31.1 Å². The zero-order valence-corrected chi connectivity index (χ0v) is 14.4. The Labute approximate surface area is 144 Å². The van der Waals surface area contributed by atoms with E-state index in [-0.39, 0.29) is 11.7 Å². The Bertz CT molecular complexity index is 824. The van der Waals surface area contributed by atoms with Gasteiger partial charge in [-0.3, -0.25) is 10.1 Å². The SMILES string of the molecule is COc1ccc2oc(C(=O)O[C@@H](C(=O)NC(N)=O)C(C)C)c(C)c2c1. The minimum absolute atomic E-state index is 0.0132. The molecule has 1 heterocycles. The van der Waals surface area contributed by atoms with Crippen LogP contribution in [0.1, 0.15) is 30.0 Å². The van der Waals surface area contributed by atoms with E-state index in [1.807, 2.05) is 5.32 Å². The van der Waals surface area contributed by atoms with Gasteiger partial charge in [0.1, 0.15) is 11.3 Å². The average Bonchev–Trinajstić information content (AvgIpc) is 2.87. The molecule has 1 aromatic carbocycles. The Morgan fingerprint density at radius 2 is 1.92 bits per heavy atom. The van der Waals surface area contributed by atoms with Crippen LogP contribution in [0, 0.1) is 12.8 Å². The molecule has 3 amide bonds. The minimum atomic E-state index is -1.18. The Kier molecular flexibility index (Phi) is 5.31. The second kappa shape index (κ2) is 7.25. The molecule has 8 nitrogen and oxygen atoms in total. The van der Waals surface area contributed by atoms with Gasteiger partial charge in [0.2, 0.25) is 5.76 Å². The van der Waals surface area contributed by atoms with Crippen LogP contribution in [0.2, 0.25) is 0 Å². The largest absolute Gasteiger partial charge is 0.497 e. The number of imide groups is 1. The van der Waals surface area contributed by atoms with Crippen molar-refractivity contribution in [2.75, 3.05) is 7.11 Å². The monoisotopic (exact) mass is 348 g/mol. The lowest BCUT2D eigenvalue weighted by Gasteiger charge is -2.19. The number of hydrogen-bond acceptors (Lipinski definition) is 6. The van der Waals surface area contributed by atoms with Gasteiger partial charge in [-0.2, -0.15) is 0 Å². The van der Waals surface area contributed by atoms with Crippen LogP contribution in [0.15, 0.2) is 22.6 Å². The number of carbonyl (C=O) groups is 3. The van der Waals surface area contributed by atoms with Crippen molar-refractivity contribution in [3.63, 3.8) is 0 Å². The fourth-order valence-electron chi connectivity index (χ4n) is 2.38. The summed E-state index contributed by atoms with van der Waals surface area (Å²) >= 11 is 0. The molecule has 134 valence electrons. The number of nitrogens with two attached hydrogens (primary N) is 1. The lowest BCUT2D eigenvalue weighted by atomic mass is 10.1. The van der Waals surface area contributed by atoms with Crippen molar-refractivity contribution in [1.82, 2.24) is 5.32 Å². The number of furan rings is 1. The first-order valence-electron chi connectivity index (χ1n) is 7.63. The van der Waals surface area contributed by atoms with Gasteiger partial charge in [-0.15, -0.1) is 0 Å². The van der Waals surface area contributed by atoms with Gasteiger partial charge in [-0.05, 0) is 31.0 Å². The molecule has 0 spiro atoms. The summed E-state index contributed by atoms with van der Waals surface area (Å²) in [5.74, 6) is -1.34. The van der Waals surface area contributed by atoms with E-state index < -0.39 is 24.0 Å². The second-order valence-electron chi connectivity index (χ2n) is 5.84. The lowest BCUT2D eigenvalue weighted by molar-refractivity contribution is -0.131. The molecular weight excluding hydrogens is 328 g/mol. The molecule has 3 N–H and O–H groups in total. The van der Waals surface area contributed by atoms with Gasteiger partial charge in [0, 0.05) is 10.9 Å². The molecule has 0 unspecified atom stereocenters. The summed E-state index contributed by atoms with van der Waals surface area (Å²) in [5, 5.41) is 2.62. The van der Waals surface area contributed by atoms with E-state index >= 15 is 0 Å². The molecule has 1 atom stereocenters. The Hall–Kier alpha value is -3.03. The smallest absolute Gasteiger partial charge is 0.375 e. The molecule has 2 aromatic rings. The van der Waals surface area contributed by atoms with E-state index in [2.05, 4.69) is 0 Å². The molecule has 25 heavy (non-hydrogen) atoms. The van der Waals surface area contributed by atoms with Crippen molar-refractivity contribution >= 4 is 28.9 Å². The topological polar surface area (TPSA) is 121 Å². The number of ether oxygens (including phenoxy) is 2. The number of hydrogen-bond donors (Lipinski definition) is 2. The van der Waals surface area contributed by atoms with Crippen molar-refractivity contribution < 1.29 is 28.3 Å². The first kappa shape index (κ1) is 18.3. The van der Waals surface area contributed by atoms with Gasteiger partial charge in [-0.1, -0.05) is 13.8 Å². The summed E-state index contributed by atoms with van der Waals surface area (Å²) < 4.78 is 15.9. The molecule has 0 saturated carbocycles. The van der Waals surface area contributed by atoms with Crippen molar-refractivity contribution in [1.29, 1.82) is 0 Å². The van der Waals surface area contributed by atoms with Gasteiger partial charge in [0.25, 0.3) is 5.91 Å². The Morgan fingerprint density at radius 1 is 1.24 bits per heavy atom. The number of benzene rings is 1. The number of rotatable bonds is 5. The molecule has 2 rings (SSSR count). The standard InChI is InChI=1S/C17H20N2O6/c1-8(2)13(15(20)19-17(18)22)25-16(21)14-9(3)11-7-10(23-4)5-6-12(11)24-14/h5-8,13H,1-4H3,(H3,18,19,20,22)/t13-/m1/s1. The third kappa shape index (κ3) is 3.90. The molecule has 0 radical (unpaired) electrons. The minimum Gasteiger partial charge on any atom is -0.497 e. The molecular formula is C17H20N2O6. The molecule has 0 aliphatic carbocycles. The molecule has 0 aliphatic heterocycles. The fraction of sp³-hybridized carbons (Fsp3) is 0.353. The van der Waals surface area contributed by atoms with Crippen LogP contribution < -0.4 is 15.8 Å². The molecule has 8 heteroatoms. The third-order valence-corrected chi connectivity index (χ3v) is 3.67. The zero-order valence-electron chi connectivity index (χ0n) is 14.4. The van der Waals surface area contributed by atoms with Crippen molar-refractivity contribution in [2.24, 2.45) is 11.7 Å². The number of nitrogens with one attached hydrogen (secondary N) is 1. The van der Waals surface area contributed by atoms with E-state index in [0.29, 0.717) is 22.3 Å². The number of amides is 3. The number of methoxy groups -OCH3 is 1. The number of carbonyl (C=O) groups excluding carboxylic acids is 3. The zero-order chi connectivity index (χ0) is 18.7. The van der Waals surface area contributed by atoms with Gasteiger partial charge in [0.15, 0.2) is 6.10 Å². The maximum Gasteiger partial charge on any atom is 0.375 e. The average molecular weight is 348 g/mol. The number of primary amides is 1. The lowest BCUT2D eigenvalue weighted by Crippen LogP contribution is -2.45. The van der Waals surface area contributed by atoms with Gasteiger partial charge >= 0.3 is 12.0 Å². The summed E-state index contributed by atoms with van der Waals surface area (Å²) in [4.78, 5) is 35.3. The van der Waals surface area contributed by atoms with E-state index in [4.69, 9.17) is 19.6 Å². The predicted octanol–water partition coefficient (Wildman–Crippen LogP) is 2.13. The van der Waals surface area contributed by atoms with Crippen LogP contribution >= 0.6 is 0 Å².